The highest BCUT2D eigenvalue weighted by atomic mass is 35.5. The standard InChI is InChI=1S/C21H23ClN4O2S/c1-14(2)11-23-20(28)25-19(27)13-29-21-24-17-10-16(22)8-9-18(17)26(21)12-15-6-4-3-5-7-15/h3-10,14H,11-13H2,1-2H3,(H2,23,25,27,28). The van der Waals surface area contributed by atoms with Gasteiger partial charge in [0.05, 0.1) is 23.3 Å². The molecule has 0 unspecified atom stereocenters. The summed E-state index contributed by atoms with van der Waals surface area (Å²) in [6.07, 6.45) is 0. The summed E-state index contributed by atoms with van der Waals surface area (Å²) in [4.78, 5) is 28.6. The lowest BCUT2D eigenvalue weighted by molar-refractivity contribution is -0.117. The molecular formula is C21H23ClN4O2S. The van der Waals surface area contributed by atoms with Crippen LogP contribution in [0.4, 0.5) is 4.79 Å². The van der Waals surface area contributed by atoms with Gasteiger partial charge in [-0.1, -0.05) is 67.5 Å². The molecule has 2 N–H and O–H groups in total. The fourth-order valence-electron chi connectivity index (χ4n) is 2.74. The molecular weight excluding hydrogens is 408 g/mol. The number of thioether (sulfide) groups is 1. The van der Waals surface area contributed by atoms with Crippen LogP contribution in [0.1, 0.15) is 19.4 Å². The van der Waals surface area contributed by atoms with E-state index in [1.807, 2.05) is 62.4 Å². The number of carbonyl (C=O) groups excluding carboxylic acids is 2. The zero-order valence-corrected chi connectivity index (χ0v) is 17.9. The van der Waals surface area contributed by atoms with Crippen molar-refractivity contribution in [1.82, 2.24) is 20.2 Å². The quantitative estimate of drug-likeness (QED) is 0.547. The minimum atomic E-state index is -0.478. The third-order valence-corrected chi connectivity index (χ3v) is 5.33. The normalized spacial score (nSPS) is 11.0. The maximum absolute atomic E-state index is 12.2. The Hall–Kier alpha value is -2.51. The number of urea groups is 1. The first-order valence-corrected chi connectivity index (χ1v) is 10.7. The van der Waals surface area contributed by atoms with Crippen LogP contribution in [0.5, 0.6) is 0 Å². The molecule has 0 spiro atoms. The van der Waals surface area contributed by atoms with Gasteiger partial charge in [-0.3, -0.25) is 10.1 Å². The summed E-state index contributed by atoms with van der Waals surface area (Å²) < 4.78 is 2.05. The van der Waals surface area contributed by atoms with Crippen LogP contribution >= 0.6 is 23.4 Å². The third kappa shape index (κ3) is 5.98. The fraction of sp³-hybridized carbons (Fsp3) is 0.286. The SMILES string of the molecule is CC(C)CNC(=O)NC(=O)CSc1nc2cc(Cl)ccc2n1Cc1ccccc1. The van der Waals surface area contributed by atoms with Crippen molar-refractivity contribution in [2.24, 2.45) is 5.92 Å². The maximum atomic E-state index is 12.2. The van der Waals surface area contributed by atoms with Crippen LogP contribution in [-0.2, 0) is 11.3 Å². The topological polar surface area (TPSA) is 76.0 Å². The molecule has 1 aromatic heterocycles. The molecule has 29 heavy (non-hydrogen) atoms. The molecule has 3 amide bonds. The molecule has 1 heterocycles. The van der Waals surface area contributed by atoms with Crippen molar-refractivity contribution in [3.05, 3.63) is 59.1 Å². The van der Waals surface area contributed by atoms with Crippen LogP contribution in [0.2, 0.25) is 5.02 Å². The zero-order chi connectivity index (χ0) is 20.8. The summed E-state index contributed by atoms with van der Waals surface area (Å²) in [7, 11) is 0. The Bertz CT molecular complexity index is 1000. The Morgan fingerprint density at radius 2 is 1.93 bits per heavy atom. The Morgan fingerprint density at radius 3 is 2.66 bits per heavy atom. The number of rotatable bonds is 7. The maximum Gasteiger partial charge on any atom is 0.321 e. The van der Waals surface area contributed by atoms with Gasteiger partial charge in [-0.2, -0.15) is 0 Å². The summed E-state index contributed by atoms with van der Waals surface area (Å²) in [6, 6.07) is 15.1. The number of nitrogens with zero attached hydrogens (tertiary/aromatic N) is 2. The number of halogens is 1. The number of nitrogens with one attached hydrogen (secondary N) is 2. The second-order valence-corrected chi connectivity index (χ2v) is 8.42. The average Bonchev–Trinajstić information content (AvgIpc) is 3.02. The lowest BCUT2D eigenvalue weighted by atomic mass is 10.2. The number of imide groups is 1. The number of imidazole rings is 1. The lowest BCUT2D eigenvalue weighted by Gasteiger charge is -2.10. The molecule has 2 aromatic carbocycles. The van der Waals surface area contributed by atoms with Gasteiger partial charge in [0.2, 0.25) is 5.91 Å². The number of aromatic nitrogens is 2. The van der Waals surface area contributed by atoms with Crippen molar-refractivity contribution in [3.63, 3.8) is 0 Å². The third-order valence-electron chi connectivity index (χ3n) is 4.11. The number of amides is 3. The van der Waals surface area contributed by atoms with Gasteiger partial charge in [-0.25, -0.2) is 9.78 Å². The molecule has 0 saturated heterocycles. The molecule has 0 aliphatic carbocycles. The zero-order valence-electron chi connectivity index (χ0n) is 16.3. The molecule has 0 atom stereocenters. The molecule has 6 nitrogen and oxygen atoms in total. The summed E-state index contributed by atoms with van der Waals surface area (Å²) in [5.41, 5.74) is 2.84. The number of hydrogen-bond acceptors (Lipinski definition) is 4. The lowest BCUT2D eigenvalue weighted by Crippen LogP contribution is -2.41. The van der Waals surface area contributed by atoms with E-state index in [1.165, 1.54) is 11.8 Å². The number of hydrogen-bond donors (Lipinski definition) is 2. The second kappa shape index (κ2) is 9.80. The summed E-state index contributed by atoms with van der Waals surface area (Å²) in [6.45, 7) is 5.11. The van der Waals surface area contributed by atoms with E-state index >= 15 is 0 Å². The van der Waals surface area contributed by atoms with Crippen molar-refractivity contribution in [3.8, 4) is 0 Å². The number of fused-ring (bicyclic) bond motifs is 1. The van der Waals surface area contributed by atoms with Gasteiger partial charge in [-0.05, 0) is 29.7 Å². The van der Waals surface area contributed by atoms with Crippen LogP contribution < -0.4 is 10.6 Å². The Morgan fingerprint density at radius 1 is 1.17 bits per heavy atom. The van der Waals surface area contributed by atoms with E-state index < -0.39 is 6.03 Å². The molecule has 152 valence electrons. The van der Waals surface area contributed by atoms with E-state index in [9.17, 15) is 9.59 Å². The molecule has 0 saturated carbocycles. The minimum Gasteiger partial charge on any atom is -0.338 e. The van der Waals surface area contributed by atoms with Crippen molar-refractivity contribution >= 4 is 46.3 Å². The van der Waals surface area contributed by atoms with E-state index in [-0.39, 0.29) is 11.7 Å². The first-order chi connectivity index (χ1) is 13.9. The summed E-state index contributed by atoms with van der Waals surface area (Å²) >= 11 is 7.40. The van der Waals surface area contributed by atoms with Crippen LogP contribution in [0, 0.1) is 5.92 Å². The van der Waals surface area contributed by atoms with Gasteiger partial charge in [0.1, 0.15) is 0 Å². The predicted molar refractivity (Wildman–Crippen MR) is 117 cm³/mol. The van der Waals surface area contributed by atoms with Crippen LogP contribution in [0.3, 0.4) is 0 Å². The highest BCUT2D eigenvalue weighted by Crippen LogP contribution is 2.27. The molecule has 0 fully saturated rings. The molecule has 0 bridgehead atoms. The predicted octanol–water partition coefficient (Wildman–Crippen LogP) is 4.31. The Balaban J connectivity index is 1.73. The van der Waals surface area contributed by atoms with Crippen molar-refractivity contribution in [1.29, 1.82) is 0 Å². The highest BCUT2D eigenvalue weighted by Gasteiger charge is 2.15. The molecule has 8 heteroatoms. The van der Waals surface area contributed by atoms with Gasteiger partial charge in [-0.15, -0.1) is 0 Å². The van der Waals surface area contributed by atoms with Crippen LogP contribution in [0.25, 0.3) is 11.0 Å². The Kier molecular flexibility index (Phi) is 7.17. The van der Waals surface area contributed by atoms with E-state index in [0.29, 0.717) is 29.2 Å². The van der Waals surface area contributed by atoms with Gasteiger partial charge >= 0.3 is 6.03 Å². The van der Waals surface area contributed by atoms with Gasteiger partial charge in [0.25, 0.3) is 0 Å². The summed E-state index contributed by atoms with van der Waals surface area (Å²) in [5.74, 6) is 0.0311. The highest BCUT2D eigenvalue weighted by molar-refractivity contribution is 7.99. The molecule has 0 aliphatic rings. The van der Waals surface area contributed by atoms with Gasteiger partial charge in [0, 0.05) is 11.6 Å². The van der Waals surface area contributed by atoms with Crippen molar-refractivity contribution in [2.45, 2.75) is 25.5 Å². The monoisotopic (exact) mass is 430 g/mol. The van der Waals surface area contributed by atoms with Crippen molar-refractivity contribution in [2.75, 3.05) is 12.3 Å². The van der Waals surface area contributed by atoms with Crippen LogP contribution in [0.15, 0.2) is 53.7 Å². The molecule has 3 rings (SSSR count). The van der Waals surface area contributed by atoms with E-state index in [1.54, 1.807) is 0 Å². The first-order valence-electron chi connectivity index (χ1n) is 9.32. The second-order valence-electron chi connectivity index (χ2n) is 7.04. The smallest absolute Gasteiger partial charge is 0.321 e. The van der Waals surface area contributed by atoms with Gasteiger partial charge in [0.15, 0.2) is 5.16 Å². The van der Waals surface area contributed by atoms with E-state index in [2.05, 4.69) is 20.2 Å². The molecule has 3 aromatic rings. The fourth-order valence-corrected chi connectivity index (χ4v) is 3.72. The van der Waals surface area contributed by atoms with E-state index in [0.717, 1.165) is 16.6 Å². The number of benzene rings is 2. The average molecular weight is 431 g/mol. The largest absolute Gasteiger partial charge is 0.338 e. The number of carbonyl (C=O) groups is 2. The minimum absolute atomic E-state index is 0.0843. The van der Waals surface area contributed by atoms with Crippen molar-refractivity contribution < 1.29 is 9.59 Å². The van der Waals surface area contributed by atoms with Crippen LogP contribution in [-0.4, -0.2) is 33.8 Å². The first kappa shape index (κ1) is 21.2. The van der Waals surface area contributed by atoms with E-state index in [4.69, 9.17) is 11.6 Å². The molecule has 0 radical (unpaired) electrons. The van der Waals surface area contributed by atoms with Gasteiger partial charge < -0.3 is 9.88 Å². The molecule has 0 aliphatic heterocycles. The summed E-state index contributed by atoms with van der Waals surface area (Å²) in [5, 5.41) is 6.32. The Labute approximate surface area is 179 Å².